The molecule has 5 rings (SSSR count). The normalized spacial score (nSPS) is 21.7. The predicted molar refractivity (Wildman–Crippen MR) is 138 cm³/mol. The summed E-state index contributed by atoms with van der Waals surface area (Å²) in [6.07, 6.45) is 15.4. The summed E-state index contributed by atoms with van der Waals surface area (Å²) >= 11 is 6.00. The molecule has 2 aliphatic heterocycles. The Kier molecular flexibility index (Phi) is 7.14. The van der Waals surface area contributed by atoms with Crippen LogP contribution < -0.4 is 10.1 Å². The Morgan fingerprint density at radius 2 is 2.03 bits per heavy atom. The van der Waals surface area contributed by atoms with Gasteiger partial charge < -0.3 is 19.7 Å². The fraction of sp³-hybridized carbons (Fsp3) is 0.321. The summed E-state index contributed by atoms with van der Waals surface area (Å²) in [5, 5.41) is 4.41. The largest absolute Gasteiger partial charge is 0.438 e. The zero-order chi connectivity index (χ0) is 23.3. The Bertz CT molecular complexity index is 1130. The smallest absolute Gasteiger partial charge is 0.227 e. The van der Waals surface area contributed by atoms with Crippen LogP contribution in [0.5, 0.6) is 5.88 Å². The maximum atomic E-state index is 6.17. The fourth-order valence-corrected chi connectivity index (χ4v) is 4.86. The molecule has 1 saturated heterocycles. The first-order chi connectivity index (χ1) is 16.7. The van der Waals surface area contributed by atoms with Crippen LogP contribution in [-0.4, -0.2) is 48.8 Å². The van der Waals surface area contributed by atoms with Crippen molar-refractivity contribution in [1.29, 1.82) is 0 Å². The van der Waals surface area contributed by atoms with Crippen LogP contribution in [0.2, 0.25) is 5.02 Å². The van der Waals surface area contributed by atoms with Crippen molar-refractivity contribution in [2.24, 2.45) is 0 Å². The van der Waals surface area contributed by atoms with Crippen molar-refractivity contribution in [2.45, 2.75) is 31.4 Å². The molecule has 0 spiro atoms. The van der Waals surface area contributed by atoms with Crippen molar-refractivity contribution in [3.8, 4) is 5.88 Å². The maximum absolute atomic E-state index is 6.17. The van der Waals surface area contributed by atoms with Gasteiger partial charge in [0, 0.05) is 60.8 Å². The molecule has 3 heterocycles. The molecule has 1 aromatic heterocycles. The van der Waals surface area contributed by atoms with Gasteiger partial charge in [0.05, 0.1) is 0 Å². The van der Waals surface area contributed by atoms with Crippen molar-refractivity contribution in [3.63, 3.8) is 0 Å². The molecule has 6 heteroatoms. The summed E-state index contributed by atoms with van der Waals surface area (Å²) in [5.41, 5.74) is 4.33. The van der Waals surface area contributed by atoms with Gasteiger partial charge in [0.15, 0.2) is 0 Å². The van der Waals surface area contributed by atoms with Crippen LogP contribution in [0.1, 0.15) is 24.8 Å². The Balaban J connectivity index is 1.23. The lowest BCUT2D eigenvalue weighted by Gasteiger charge is -2.32. The zero-order valence-corrected chi connectivity index (χ0v) is 20.2. The molecule has 3 aliphatic rings. The molecule has 0 radical (unpaired) electrons. The number of piperidine rings is 1. The highest BCUT2D eigenvalue weighted by Crippen LogP contribution is 2.36. The van der Waals surface area contributed by atoms with E-state index in [9.17, 15) is 0 Å². The SMILES string of the molecule is COC1C=CC=C2Oc3ncccc3C(=CCCN3CCC(Nc4ccc(Cl)cc4)CC3)C=C21. The Hall–Kier alpha value is -2.86. The van der Waals surface area contributed by atoms with E-state index in [1.807, 2.05) is 36.4 Å². The molecule has 2 aromatic rings. The number of halogens is 1. The van der Waals surface area contributed by atoms with E-state index in [0.717, 1.165) is 72.1 Å². The van der Waals surface area contributed by atoms with Crippen molar-refractivity contribution < 1.29 is 9.47 Å². The lowest BCUT2D eigenvalue weighted by atomic mass is 9.97. The summed E-state index contributed by atoms with van der Waals surface area (Å²) in [7, 11) is 1.73. The number of hydrogen-bond acceptors (Lipinski definition) is 5. The van der Waals surface area contributed by atoms with Gasteiger partial charge in [-0.05, 0) is 73.4 Å². The van der Waals surface area contributed by atoms with Gasteiger partial charge in [0.2, 0.25) is 5.88 Å². The number of methoxy groups -OCH3 is 1. The van der Waals surface area contributed by atoms with Gasteiger partial charge in [-0.1, -0.05) is 29.8 Å². The highest BCUT2D eigenvalue weighted by atomic mass is 35.5. The monoisotopic (exact) mass is 475 g/mol. The van der Waals surface area contributed by atoms with E-state index in [1.165, 1.54) is 0 Å². The number of aromatic nitrogens is 1. The van der Waals surface area contributed by atoms with E-state index in [1.54, 1.807) is 13.3 Å². The molecule has 34 heavy (non-hydrogen) atoms. The number of hydrogen-bond donors (Lipinski definition) is 1. The van der Waals surface area contributed by atoms with E-state index < -0.39 is 0 Å². The van der Waals surface area contributed by atoms with Gasteiger partial charge in [0.25, 0.3) is 0 Å². The van der Waals surface area contributed by atoms with Crippen LogP contribution in [0.25, 0.3) is 5.57 Å². The first kappa shape index (κ1) is 22.9. The van der Waals surface area contributed by atoms with Crippen molar-refractivity contribution in [2.75, 3.05) is 32.1 Å². The molecular formula is C28H30ClN3O2. The number of allylic oxidation sites excluding steroid dienone is 4. The highest BCUT2D eigenvalue weighted by molar-refractivity contribution is 6.30. The molecular weight excluding hydrogens is 446 g/mol. The summed E-state index contributed by atoms with van der Waals surface area (Å²) in [5.74, 6) is 1.44. The van der Waals surface area contributed by atoms with Crippen LogP contribution in [0.15, 0.2) is 84.3 Å². The number of benzene rings is 1. The summed E-state index contributed by atoms with van der Waals surface area (Å²) in [6, 6.07) is 12.5. The van der Waals surface area contributed by atoms with E-state index in [2.05, 4.69) is 45.6 Å². The lowest BCUT2D eigenvalue weighted by molar-refractivity contribution is 0.164. The minimum absolute atomic E-state index is 0.120. The number of nitrogens with one attached hydrogen (secondary N) is 1. The number of pyridine rings is 1. The van der Waals surface area contributed by atoms with E-state index >= 15 is 0 Å². The molecule has 0 amide bonds. The molecule has 0 bridgehead atoms. The van der Waals surface area contributed by atoms with Crippen LogP contribution in [-0.2, 0) is 4.74 Å². The van der Waals surface area contributed by atoms with Gasteiger partial charge in [0.1, 0.15) is 11.9 Å². The van der Waals surface area contributed by atoms with Crippen molar-refractivity contribution in [1.82, 2.24) is 9.88 Å². The Labute approximate surface area is 206 Å². The fourth-order valence-electron chi connectivity index (χ4n) is 4.73. The lowest BCUT2D eigenvalue weighted by Crippen LogP contribution is -2.39. The Morgan fingerprint density at radius 1 is 1.21 bits per heavy atom. The standard InChI is InChI=1S/C28H30ClN3O2/c1-33-26-7-2-8-27-25(26)19-20(24-6-3-15-30-28(24)34-27)5-4-16-32-17-13-23(14-18-32)31-22-11-9-21(29)10-12-22/h2-3,5-12,15,19,23,26,31H,4,13-14,16-18H2,1H3. The van der Waals surface area contributed by atoms with Crippen molar-refractivity contribution >= 4 is 22.9 Å². The summed E-state index contributed by atoms with van der Waals surface area (Å²) in [6.45, 7) is 3.23. The number of likely N-dealkylation sites (tertiary alicyclic amines) is 1. The molecule has 1 aromatic carbocycles. The number of rotatable bonds is 6. The second-order valence-corrected chi connectivity index (χ2v) is 9.28. The molecule has 1 fully saturated rings. The van der Waals surface area contributed by atoms with Gasteiger partial charge in [-0.2, -0.15) is 0 Å². The second kappa shape index (κ2) is 10.6. The average molecular weight is 476 g/mol. The highest BCUT2D eigenvalue weighted by Gasteiger charge is 2.25. The third-order valence-corrected chi connectivity index (χ3v) is 6.84. The average Bonchev–Trinajstić information content (AvgIpc) is 3.03. The molecule has 0 saturated carbocycles. The van der Waals surface area contributed by atoms with Crippen LogP contribution in [0, 0.1) is 0 Å². The number of ether oxygens (including phenoxy) is 2. The minimum atomic E-state index is -0.120. The third kappa shape index (κ3) is 5.27. The first-order valence-corrected chi connectivity index (χ1v) is 12.3. The third-order valence-electron chi connectivity index (χ3n) is 6.59. The van der Waals surface area contributed by atoms with Crippen LogP contribution in [0.4, 0.5) is 5.69 Å². The molecule has 1 atom stereocenters. The van der Waals surface area contributed by atoms with E-state index in [4.69, 9.17) is 21.1 Å². The van der Waals surface area contributed by atoms with Gasteiger partial charge >= 0.3 is 0 Å². The number of nitrogens with zero attached hydrogens (tertiary/aromatic N) is 2. The molecule has 1 N–H and O–H groups in total. The summed E-state index contributed by atoms with van der Waals surface area (Å²) < 4.78 is 11.8. The van der Waals surface area contributed by atoms with Crippen molar-refractivity contribution in [3.05, 3.63) is 94.9 Å². The topological polar surface area (TPSA) is 46.6 Å². The van der Waals surface area contributed by atoms with Crippen LogP contribution in [0.3, 0.4) is 0 Å². The van der Waals surface area contributed by atoms with Gasteiger partial charge in [-0.25, -0.2) is 4.98 Å². The van der Waals surface area contributed by atoms with E-state index in [0.29, 0.717) is 11.9 Å². The Morgan fingerprint density at radius 3 is 2.82 bits per heavy atom. The molecule has 1 unspecified atom stereocenters. The zero-order valence-electron chi connectivity index (χ0n) is 19.4. The van der Waals surface area contributed by atoms with Crippen LogP contribution >= 0.6 is 11.6 Å². The predicted octanol–water partition coefficient (Wildman–Crippen LogP) is 5.87. The van der Waals surface area contributed by atoms with E-state index in [-0.39, 0.29) is 6.10 Å². The molecule has 5 nitrogen and oxygen atoms in total. The number of anilines is 1. The first-order valence-electron chi connectivity index (χ1n) is 11.9. The second-order valence-electron chi connectivity index (χ2n) is 8.85. The summed E-state index contributed by atoms with van der Waals surface area (Å²) in [4.78, 5) is 7.04. The quantitative estimate of drug-likeness (QED) is 0.566. The minimum Gasteiger partial charge on any atom is -0.438 e. The molecule has 176 valence electrons. The molecule has 1 aliphatic carbocycles. The van der Waals surface area contributed by atoms with Gasteiger partial charge in [-0.3, -0.25) is 0 Å². The number of fused-ring (bicyclic) bond motifs is 2. The van der Waals surface area contributed by atoms with Gasteiger partial charge in [-0.15, -0.1) is 0 Å². The maximum Gasteiger partial charge on any atom is 0.227 e.